The zero-order chi connectivity index (χ0) is 13.9. The van der Waals surface area contributed by atoms with Crippen molar-refractivity contribution in [1.29, 1.82) is 0 Å². The molecule has 1 atom stereocenters. The molecule has 0 saturated carbocycles. The minimum absolute atomic E-state index is 0.575. The van der Waals surface area contributed by atoms with Crippen LogP contribution in [0.2, 0.25) is 0 Å². The Balaban J connectivity index is 1.77. The van der Waals surface area contributed by atoms with Crippen LogP contribution in [-0.2, 0) is 12.8 Å². The second-order valence-electron chi connectivity index (χ2n) is 5.95. The Kier molecular flexibility index (Phi) is 4.20. The highest BCUT2D eigenvalue weighted by Gasteiger charge is 2.21. The highest BCUT2D eigenvalue weighted by molar-refractivity contribution is 5.43. The number of anilines is 1. The van der Waals surface area contributed by atoms with E-state index in [2.05, 4.69) is 29.3 Å². The Morgan fingerprint density at radius 3 is 2.90 bits per heavy atom. The van der Waals surface area contributed by atoms with E-state index in [1.165, 1.54) is 11.3 Å². The molecule has 1 aromatic heterocycles. The van der Waals surface area contributed by atoms with Crippen LogP contribution in [0.5, 0.6) is 0 Å². The summed E-state index contributed by atoms with van der Waals surface area (Å²) in [4.78, 5) is 7.08. The molecule has 0 bridgehead atoms. The molecule has 0 radical (unpaired) electrons. The molecule has 110 valence electrons. The van der Waals surface area contributed by atoms with Gasteiger partial charge in [-0.25, -0.2) is 9.37 Å². The summed E-state index contributed by atoms with van der Waals surface area (Å²) >= 11 is 0. The lowest BCUT2D eigenvalue weighted by Gasteiger charge is -2.30. The third-order valence-corrected chi connectivity index (χ3v) is 4.56. The van der Waals surface area contributed by atoms with Crippen LogP contribution in [0.3, 0.4) is 0 Å². The van der Waals surface area contributed by atoms with Gasteiger partial charge in [-0.05, 0) is 37.3 Å². The first-order valence-electron chi connectivity index (χ1n) is 7.87. The Labute approximate surface area is 120 Å². The van der Waals surface area contributed by atoms with Crippen LogP contribution in [-0.4, -0.2) is 36.8 Å². The zero-order valence-electron chi connectivity index (χ0n) is 12.2. The summed E-state index contributed by atoms with van der Waals surface area (Å²) in [7, 11) is 0. The number of halogens is 1. The Morgan fingerprint density at radius 1 is 1.35 bits per heavy atom. The number of nitrogens with one attached hydrogen (secondary N) is 1. The van der Waals surface area contributed by atoms with E-state index in [4.69, 9.17) is 4.98 Å². The Morgan fingerprint density at radius 2 is 2.15 bits per heavy atom. The van der Waals surface area contributed by atoms with Gasteiger partial charge in [-0.3, -0.25) is 0 Å². The van der Waals surface area contributed by atoms with Crippen LogP contribution in [0, 0.1) is 0 Å². The molecule has 20 heavy (non-hydrogen) atoms. The van der Waals surface area contributed by atoms with Crippen LogP contribution in [0.1, 0.15) is 37.4 Å². The lowest BCUT2D eigenvalue weighted by molar-refractivity contribution is 0.276. The van der Waals surface area contributed by atoms with E-state index in [9.17, 15) is 4.39 Å². The van der Waals surface area contributed by atoms with Crippen molar-refractivity contribution in [3.63, 3.8) is 0 Å². The summed E-state index contributed by atoms with van der Waals surface area (Å²) < 4.78 is 13.2. The summed E-state index contributed by atoms with van der Waals surface area (Å²) in [6.07, 6.45) is 3.88. The molecular weight excluding hydrogens is 253 g/mol. The predicted molar refractivity (Wildman–Crippen MR) is 80.1 cm³/mol. The standard InChI is InChI=1S/C16H24FN3/c1-2-14-11-12-3-4-16(19-15(12)5-8-18-14)20-9-6-13(17)7-10-20/h3-4,13-14,18H,2,5-11H2,1H3. The molecule has 4 heteroatoms. The predicted octanol–water partition coefficient (Wildman–Crippen LogP) is 2.49. The van der Waals surface area contributed by atoms with Gasteiger partial charge in [0.05, 0.1) is 0 Å². The van der Waals surface area contributed by atoms with Gasteiger partial charge in [0, 0.05) is 37.8 Å². The molecule has 3 rings (SSSR count). The smallest absolute Gasteiger partial charge is 0.128 e. The van der Waals surface area contributed by atoms with Crippen LogP contribution in [0.25, 0.3) is 0 Å². The van der Waals surface area contributed by atoms with Gasteiger partial charge in [0.15, 0.2) is 0 Å². The maximum atomic E-state index is 13.2. The molecule has 1 fully saturated rings. The number of fused-ring (bicyclic) bond motifs is 1. The molecule has 0 aromatic carbocycles. The summed E-state index contributed by atoms with van der Waals surface area (Å²) in [6, 6.07) is 4.93. The Bertz CT molecular complexity index is 455. The summed E-state index contributed by atoms with van der Waals surface area (Å²) in [6.45, 7) is 4.83. The minimum Gasteiger partial charge on any atom is -0.356 e. The van der Waals surface area contributed by atoms with E-state index in [0.29, 0.717) is 18.9 Å². The van der Waals surface area contributed by atoms with Crippen molar-refractivity contribution in [2.24, 2.45) is 0 Å². The van der Waals surface area contributed by atoms with E-state index < -0.39 is 6.17 Å². The van der Waals surface area contributed by atoms with Crippen molar-refractivity contribution in [3.8, 4) is 0 Å². The first kappa shape index (κ1) is 13.8. The summed E-state index contributed by atoms with van der Waals surface area (Å²) in [5.74, 6) is 1.03. The van der Waals surface area contributed by atoms with E-state index in [1.54, 1.807) is 0 Å². The van der Waals surface area contributed by atoms with Crippen LogP contribution in [0.4, 0.5) is 10.2 Å². The van der Waals surface area contributed by atoms with Crippen molar-refractivity contribution in [3.05, 3.63) is 23.4 Å². The molecule has 3 heterocycles. The monoisotopic (exact) mass is 277 g/mol. The average molecular weight is 277 g/mol. The molecule has 1 N–H and O–H groups in total. The zero-order valence-corrected chi connectivity index (χ0v) is 12.2. The number of alkyl halides is 1. The number of pyridine rings is 1. The van der Waals surface area contributed by atoms with Crippen molar-refractivity contribution >= 4 is 5.82 Å². The van der Waals surface area contributed by atoms with Gasteiger partial charge >= 0.3 is 0 Å². The topological polar surface area (TPSA) is 28.2 Å². The highest BCUT2D eigenvalue weighted by Crippen LogP contribution is 2.23. The van der Waals surface area contributed by atoms with E-state index in [0.717, 1.165) is 44.7 Å². The lowest BCUT2D eigenvalue weighted by Crippen LogP contribution is -2.35. The fourth-order valence-corrected chi connectivity index (χ4v) is 3.20. The average Bonchev–Trinajstić information content (AvgIpc) is 2.69. The number of rotatable bonds is 2. The van der Waals surface area contributed by atoms with Gasteiger partial charge in [-0.1, -0.05) is 13.0 Å². The molecule has 2 aliphatic heterocycles. The third-order valence-electron chi connectivity index (χ3n) is 4.56. The van der Waals surface area contributed by atoms with Gasteiger partial charge in [0.25, 0.3) is 0 Å². The van der Waals surface area contributed by atoms with E-state index in [-0.39, 0.29) is 0 Å². The van der Waals surface area contributed by atoms with Crippen molar-refractivity contribution in [2.75, 3.05) is 24.5 Å². The number of hydrogen-bond donors (Lipinski definition) is 1. The van der Waals surface area contributed by atoms with E-state index >= 15 is 0 Å². The van der Waals surface area contributed by atoms with Gasteiger partial charge in [0.2, 0.25) is 0 Å². The molecule has 0 aliphatic carbocycles. The minimum atomic E-state index is -0.624. The van der Waals surface area contributed by atoms with Gasteiger partial charge in [0.1, 0.15) is 12.0 Å². The highest BCUT2D eigenvalue weighted by atomic mass is 19.1. The number of nitrogens with zero attached hydrogens (tertiary/aromatic N) is 2. The van der Waals surface area contributed by atoms with Crippen LogP contribution in [0.15, 0.2) is 12.1 Å². The largest absolute Gasteiger partial charge is 0.356 e. The van der Waals surface area contributed by atoms with Crippen LogP contribution >= 0.6 is 0 Å². The van der Waals surface area contributed by atoms with Crippen molar-refractivity contribution < 1.29 is 4.39 Å². The normalized spacial score (nSPS) is 24.3. The molecule has 0 spiro atoms. The fourth-order valence-electron chi connectivity index (χ4n) is 3.20. The van der Waals surface area contributed by atoms with Crippen LogP contribution < -0.4 is 10.2 Å². The molecule has 1 aromatic rings. The molecule has 0 amide bonds. The number of piperidine rings is 1. The number of aromatic nitrogens is 1. The summed E-state index contributed by atoms with van der Waals surface area (Å²) in [5, 5.41) is 3.58. The maximum absolute atomic E-state index is 13.2. The Hall–Kier alpha value is -1.16. The molecule has 1 unspecified atom stereocenters. The summed E-state index contributed by atoms with van der Waals surface area (Å²) in [5.41, 5.74) is 2.61. The van der Waals surface area contributed by atoms with Crippen molar-refractivity contribution in [2.45, 2.75) is 51.2 Å². The second-order valence-corrected chi connectivity index (χ2v) is 5.95. The lowest BCUT2D eigenvalue weighted by atomic mass is 10.0. The number of hydrogen-bond acceptors (Lipinski definition) is 3. The van der Waals surface area contributed by atoms with Crippen molar-refractivity contribution in [1.82, 2.24) is 10.3 Å². The SMILES string of the molecule is CCC1Cc2ccc(N3CCC(F)CC3)nc2CCN1. The van der Waals surface area contributed by atoms with Gasteiger partial charge < -0.3 is 10.2 Å². The molecule has 1 saturated heterocycles. The van der Waals surface area contributed by atoms with E-state index in [1.807, 2.05) is 0 Å². The van der Waals surface area contributed by atoms with Gasteiger partial charge in [-0.2, -0.15) is 0 Å². The first-order chi connectivity index (χ1) is 9.76. The quantitative estimate of drug-likeness (QED) is 0.900. The second kappa shape index (κ2) is 6.08. The fraction of sp³-hybridized carbons (Fsp3) is 0.688. The maximum Gasteiger partial charge on any atom is 0.128 e. The first-order valence-corrected chi connectivity index (χ1v) is 7.87. The molecule has 3 nitrogen and oxygen atoms in total. The van der Waals surface area contributed by atoms with Gasteiger partial charge in [-0.15, -0.1) is 0 Å². The molecular formula is C16H24FN3. The third kappa shape index (κ3) is 2.95. The molecule has 2 aliphatic rings.